The molecule has 1 heterocycles. The number of hydrogen-bond acceptors (Lipinski definition) is 7. The molecule has 0 unspecified atom stereocenters. The maximum absolute atomic E-state index is 12.2. The summed E-state index contributed by atoms with van der Waals surface area (Å²) in [5.74, 6) is -1.27. The first-order chi connectivity index (χ1) is 11.7. The summed E-state index contributed by atoms with van der Waals surface area (Å²) in [5.41, 5.74) is -1.45. The molecular weight excluding hydrogens is 342 g/mol. The summed E-state index contributed by atoms with van der Waals surface area (Å²) in [6, 6.07) is -0.691. The van der Waals surface area contributed by atoms with Gasteiger partial charge in [0.05, 0.1) is 23.5 Å². The molecule has 0 saturated carbocycles. The molecule has 0 radical (unpaired) electrons. The molecule has 1 fully saturated rings. The summed E-state index contributed by atoms with van der Waals surface area (Å²) in [7, 11) is 0. The third-order valence-electron chi connectivity index (χ3n) is 3.84. The molecule has 0 bridgehead atoms. The van der Waals surface area contributed by atoms with E-state index in [2.05, 4.69) is 5.32 Å². The predicted octanol–water partition coefficient (Wildman–Crippen LogP) is 0.798. The van der Waals surface area contributed by atoms with Crippen molar-refractivity contribution in [2.75, 3.05) is 13.2 Å². The van der Waals surface area contributed by atoms with Crippen LogP contribution < -0.4 is 5.32 Å². The maximum atomic E-state index is 12.2. The van der Waals surface area contributed by atoms with E-state index in [-0.39, 0.29) is 19.1 Å². The van der Waals surface area contributed by atoms with Crippen molar-refractivity contribution in [2.24, 2.45) is 10.8 Å². The number of carbonyl (C=O) groups is 3. The van der Waals surface area contributed by atoms with Gasteiger partial charge in [0.25, 0.3) is 0 Å². The summed E-state index contributed by atoms with van der Waals surface area (Å²) >= 11 is 0. The van der Waals surface area contributed by atoms with Crippen LogP contribution in [0.25, 0.3) is 0 Å². The number of amides is 1. The van der Waals surface area contributed by atoms with Crippen LogP contribution in [0, 0.1) is 10.8 Å². The van der Waals surface area contributed by atoms with Crippen LogP contribution >= 0.6 is 0 Å². The number of esters is 2. The average Bonchev–Trinajstić information content (AvgIpc) is 2.47. The average molecular weight is 373 g/mol. The number of rotatable bonds is 4. The second-order valence-corrected chi connectivity index (χ2v) is 8.64. The van der Waals surface area contributed by atoms with E-state index < -0.39 is 47.1 Å². The fourth-order valence-corrected chi connectivity index (χ4v) is 2.23. The number of nitrogens with one attached hydrogen (secondary N) is 1. The lowest BCUT2D eigenvalue weighted by molar-refractivity contribution is -0.201. The molecule has 8 nitrogen and oxygen atoms in total. The Hall–Kier alpha value is -1.67. The minimum absolute atomic E-state index is 0.0243. The van der Waals surface area contributed by atoms with Gasteiger partial charge in [-0.2, -0.15) is 0 Å². The third kappa shape index (κ3) is 6.25. The van der Waals surface area contributed by atoms with Crippen molar-refractivity contribution >= 4 is 17.8 Å². The fraction of sp³-hybridized carbons (Fsp3) is 0.833. The first-order valence-electron chi connectivity index (χ1n) is 8.68. The highest BCUT2D eigenvalue weighted by molar-refractivity contribution is 5.76. The van der Waals surface area contributed by atoms with Crippen molar-refractivity contribution in [3.8, 4) is 0 Å². The molecule has 1 amide bonds. The van der Waals surface area contributed by atoms with Crippen LogP contribution in [0.15, 0.2) is 0 Å². The van der Waals surface area contributed by atoms with Crippen LogP contribution in [0.1, 0.15) is 48.5 Å². The zero-order valence-electron chi connectivity index (χ0n) is 16.6. The fourth-order valence-electron chi connectivity index (χ4n) is 2.23. The highest BCUT2D eigenvalue weighted by Gasteiger charge is 2.44. The van der Waals surface area contributed by atoms with E-state index in [1.165, 1.54) is 6.92 Å². The molecule has 0 aromatic heterocycles. The molecule has 1 saturated heterocycles. The Balaban J connectivity index is 2.86. The monoisotopic (exact) mass is 373 g/mol. The van der Waals surface area contributed by atoms with Crippen molar-refractivity contribution in [3.63, 3.8) is 0 Å². The van der Waals surface area contributed by atoms with Crippen LogP contribution in [0.2, 0.25) is 0 Å². The zero-order valence-corrected chi connectivity index (χ0v) is 16.6. The van der Waals surface area contributed by atoms with Crippen molar-refractivity contribution in [1.82, 2.24) is 5.32 Å². The molecule has 4 atom stereocenters. The summed E-state index contributed by atoms with van der Waals surface area (Å²) in [6.07, 6.45) is -3.11. The number of aliphatic hydroxyl groups excluding tert-OH is 1. The topological polar surface area (TPSA) is 111 Å². The van der Waals surface area contributed by atoms with Crippen LogP contribution in [-0.4, -0.2) is 60.5 Å². The van der Waals surface area contributed by atoms with Crippen LogP contribution in [0.5, 0.6) is 0 Å². The minimum Gasteiger partial charge on any atom is -0.462 e. The number of carbonyl (C=O) groups excluding carboxylic acids is 3. The summed E-state index contributed by atoms with van der Waals surface area (Å²) in [5, 5.41) is 13.2. The standard InChI is InChI=1S/C18H31NO7/c1-10(20)19-11-8-24-12(9-25-15(22)17(2,3)4)13(21)14(11)26-16(23)18(5,6)7/h11-14,21H,8-9H2,1-7H3,(H,19,20)/t11-,12+,13+,14+/m0/s1. The second-order valence-electron chi connectivity index (χ2n) is 8.64. The molecule has 0 aliphatic carbocycles. The predicted molar refractivity (Wildman–Crippen MR) is 93.1 cm³/mol. The maximum Gasteiger partial charge on any atom is 0.311 e. The van der Waals surface area contributed by atoms with E-state index in [0.717, 1.165) is 0 Å². The van der Waals surface area contributed by atoms with Gasteiger partial charge in [-0.1, -0.05) is 0 Å². The Bertz CT molecular complexity index is 533. The molecule has 0 aromatic carbocycles. The van der Waals surface area contributed by atoms with E-state index in [1.807, 2.05) is 0 Å². The van der Waals surface area contributed by atoms with Crippen LogP contribution in [0.3, 0.4) is 0 Å². The van der Waals surface area contributed by atoms with Crippen LogP contribution in [-0.2, 0) is 28.6 Å². The van der Waals surface area contributed by atoms with E-state index in [9.17, 15) is 19.5 Å². The highest BCUT2D eigenvalue weighted by atomic mass is 16.6. The van der Waals surface area contributed by atoms with E-state index >= 15 is 0 Å². The van der Waals surface area contributed by atoms with Gasteiger partial charge in [-0.25, -0.2) is 0 Å². The van der Waals surface area contributed by atoms with E-state index in [1.54, 1.807) is 41.5 Å². The molecule has 26 heavy (non-hydrogen) atoms. The van der Waals surface area contributed by atoms with Crippen molar-refractivity contribution in [2.45, 2.75) is 72.8 Å². The molecule has 8 heteroatoms. The lowest BCUT2D eigenvalue weighted by atomic mass is 9.94. The van der Waals surface area contributed by atoms with Gasteiger partial charge in [0.1, 0.15) is 18.8 Å². The smallest absolute Gasteiger partial charge is 0.311 e. The molecule has 0 spiro atoms. The number of hydrogen-bond donors (Lipinski definition) is 2. The zero-order chi connectivity index (χ0) is 20.3. The largest absolute Gasteiger partial charge is 0.462 e. The Kier molecular flexibility index (Phi) is 7.18. The lowest BCUT2D eigenvalue weighted by Gasteiger charge is -2.40. The van der Waals surface area contributed by atoms with Crippen molar-refractivity contribution in [1.29, 1.82) is 0 Å². The van der Waals surface area contributed by atoms with Crippen molar-refractivity contribution < 1.29 is 33.7 Å². The first-order valence-corrected chi connectivity index (χ1v) is 8.68. The Labute approximate surface area is 154 Å². The van der Waals surface area contributed by atoms with Gasteiger partial charge in [-0.15, -0.1) is 0 Å². The first kappa shape index (κ1) is 22.4. The van der Waals surface area contributed by atoms with Crippen molar-refractivity contribution in [3.05, 3.63) is 0 Å². The Morgan fingerprint density at radius 1 is 1.08 bits per heavy atom. The molecule has 0 aromatic rings. The summed E-state index contributed by atoms with van der Waals surface area (Å²) in [4.78, 5) is 35.6. The molecule has 1 rings (SSSR count). The molecule has 1 aliphatic heterocycles. The normalized spacial score (nSPS) is 26.8. The van der Waals surface area contributed by atoms with Gasteiger partial charge >= 0.3 is 11.9 Å². The molecule has 1 aliphatic rings. The Morgan fingerprint density at radius 3 is 2.08 bits per heavy atom. The quantitative estimate of drug-likeness (QED) is 0.701. The molecule has 2 N–H and O–H groups in total. The van der Waals surface area contributed by atoms with Gasteiger partial charge in [-0.05, 0) is 41.5 Å². The number of aliphatic hydroxyl groups is 1. The van der Waals surface area contributed by atoms with Gasteiger partial charge in [0.15, 0.2) is 6.10 Å². The van der Waals surface area contributed by atoms with Gasteiger partial charge in [0, 0.05) is 6.92 Å². The Morgan fingerprint density at radius 2 is 1.62 bits per heavy atom. The molecule has 150 valence electrons. The minimum atomic E-state index is -1.25. The SMILES string of the molecule is CC(=O)N[C@H]1CO[C@H](COC(=O)C(C)(C)C)[C@@H](O)[C@@H]1OC(=O)C(C)(C)C. The summed E-state index contributed by atoms with van der Waals surface area (Å²) in [6.45, 7) is 11.4. The number of ether oxygens (including phenoxy) is 3. The van der Waals surface area contributed by atoms with Crippen LogP contribution in [0.4, 0.5) is 0 Å². The van der Waals surface area contributed by atoms with E-state index in [0.29, 0.717) is 0 Å². The third-order valence-corrected chi connectivity index (χ3v) is 3.84. The van der Waals surface area contributed by atoms with Gasteiger partial charge < -0.3 is 24.6 Å². The second kappa shape index (κ2) is 8.35. The highest BCUT2D eigenvalue weighted by Crippen LogP contribution is 2.24. The van der Waals surface area contributed by atoms with Gasteiger partial charge in [0.2, 0.25) is 5.91 Å². The van der Waals surface area contributed by atoms with Gasteiger partial charge in [-0.3, -0.25) is 14.4 Å². The lowest BCUT2D eigenvalue weighted by Crippen LogP contribution is -2.61. The van der Waals surface area contributed by atoms with E-state index in [4.69, 9.17) is 14.2 Å². The summed E-state index contributed by atoms with van der Waals surface area (Å²) < 4.78 is 16.2. The molecular formula is C18H31NO7.